The van der Waals surface area contributed by atoms with E-state index < -0.39 is 4.92 Å². The van der Waals surface area contributed by atoms with Gasteiger partial charge in [0.2, 0.25) is 0 Å². The number of phenolic OH excluding ortho intramolecular Hbond substituents is 1. The Bertz CT molecular complexity index is 557. The second-order valence-electron chi connectivity index (χ2n) is 3.21. The SMILES string of the molecule is O=[N+]([O-])c1ccc(C=Nc2ccc(O)cc2)o1. The van der Waals surface area contributed by atoms with Crippen molar-refractivity contribution in [2.75, 3.05) is 0 Å². The molecule has 6 nitrogen and oxygen atoms in total. The molecule has 0 bridgehead atoms. The molecule has 0 unspecified atom stereocenters. The number of phenols is 1. The first kappa shape index (κ1) is 10.9. The van der Waals surface area contributed by atoms with Crippen molar-refractivity contribution in [2.24, 2.45) is 4.99 Å². The maximum Gasteiger partial charge on any atom is 0.433 e. The number of benzene rings is 1. The number of nitrogens with zero attached hydrogens (tertiary/aromatic N) is 2. The molecule has 1 aromatic carbocycles. The zero-order valence-corrected chi connectivity index (χ0v) is 8.61. The molecule has 17 heavy (non-hydrogen) atoms. The molecule has 0 amide bonds. The molecule has 2 aromatic rings. The minimum atomic E-state index is -0.613. The van der Waals surface area contributed by atoms with Crippen LogP contribution in [0.2, 0.25) is 0 Å². The predicted molar refractivity (Wildman–Crippen MR) is 60.7 cm³/mol. The van der Waals surface area contributed by atoms with Crippen LogP contribution >= 0.6 is 0 Å². The lowest BCUT2D eigenvalue weighted by atomic mass is 10.3. The normalized spacial score (nSPS) is 10.8. The number of aromatic hydroxyl groups is 1. The van der Waals surface area contributed by atoms with Crippen LogP contribution in [0, 0.1) is 10.1 Å². The van der Waals surface area contributed by atoms with Crippen LogP contribution in [0.5, 0.6) is 5.75 Å². The Labute approximate surface area is 96.0 Å². The van der Waals surface area contributed by atoms with Crippen LogP contribution in [0.4, 0.5) is 11.6 Å². The summed E-state index contributed by atoms with van der Waals surface area (Å²) in [7, 11) is 0. The maximum absolute atomic E-state index is 10.4. The fourth-order valence-corrected chi connectivity index (χ4v) is 1.19. The molecular weight excluding hydrogens is 224 g/mol. The number of hydrogen-bond donors (Lipinski definition) is 1. The number of hydrogen-bond acceptors (Lipinski definition) is 5. The van der Waals surface area contributed by atoms with Gasteiger partial charge >= 0.3 is 5.88 Å². The lowest BCUT2D eigenvalue weighted by Gasteiger charge is -1.92. The van der Waals surface area contributed by atoms with Crippen molar-refractivity contribution >= 4 is 17.8 Å². The minimum absolute atomic E-state index is 0.151. The Morgan fingerprint density at radius 1 is 1.24 bits per heavy atom. The maximum atomic E-state index is 10.4. The third-order valence-corrected chi connectivity index (χ3v) is 1.98. The van der Waals surface area contributed by atoms with E-state index in [0.717, 1.165) is 0 Å². The van der Waals surface area contributed by atoms with Crippen LogP contribution in [0.25, 0.3) is 0 Å². The molecule has 2 rings (SSSR count). The van der Waals surface area contributed by atoms with Gasteiger partial charge in [0.05, 0.1) is 18.0 Å². The van der Waals surface area contributed by atoms with Gasteiger partial charge in [0, 0.05) is 0 Å². The Balaban J connectivity index is 2.14. The molecule has 0 radical (unpaired) electrons. The zero-order valence-electron chi connectivity index (χ0n) is 8.61. The lowest BCUT2D eigenvalue weighted by molar-refractivity contribution is -0.402. The van der Waals surface area contributed by atoms with Crippen LogP contribution < -0.4 is 0 Å². The van der Waals surface area contributed by atoms with Gasteiger partial charge in [0.15, 0.2) is 5.76 Å². The molecule has 0 spiro atoms. The summed E-state index contributed by atoms with van der Waals surface area (Å²) in [6, 6.07) is 8.95. The summed E-state index contributed by atoms with van der Waals surface area (Å²) >= 11 is 0. The molecular formula is C11H8N2O4. The molecule has 0 aliphatic rings. The first-order valence-corrected chi connectivity index (χ1v) is 4.72. The first-order chi connectivity index (χ1) is 8.15. The number of nitro groups is 1. The van der Waals surface area contributed by atoms with Crippen molar-refractivity contribution in [3.63, 3.8) is 0 Å². The third kappa shape index (κ3) is 2.69. The monoisotopic (exact) mass is 232 g/mol. The van der Waals surface area contributed by atoms with Gasteiger partial charge in [-0.15, -0.1) is 0 Å². The molecule has 0 aliphatic carbocycles. The molecule has 86 valence electrons. The topological polar surface area (TPSA) is 88.9 Å². The molecule has 0 fully saturated rings. The summed E-state index contributed by atoms with van der Waals surface area (Å²) in [6.07, 6.45) is 1.37. The Kier molecular flexibility index (Phi) is 2.87. The van der Waals surface area contributed by atoms with Gasteiger partial charge in [-0.1, -0.05) is 0 Å². The molecule has 0 aliphatic heterocycles. The molecule has 6 heteroatoms. The van der Waals surface area contributed by atoms with E-state index in [2.05, 4.69) is 4.99 Å². The molecule has 0 saturated heterocycles. The van der Waals surface area contributed by atoms with E-state index in [-0.39, 0.29) is 11.6 Å². The summed E-state index contributed by atoms with van der Waals surface area (Å²) in [6.45, 7) is 0. The summed E-state index contributed by atoms with van der Waals surface area (Å²) in [5.41, 5.74) is 0.613. The second kappa shape index (κ2) is 4.48. The van der Waals surface area contributed by atoms with Crippen molar-refractivity contribution in [3.8, 4) is 5.75 Å². The highest BCUT2D eigenvalue weighted by Crippen LogP contribution is 2.18. The fraction of sp³-hybridized carbons (Fsp3) is 0. The van der Waals surface area contributed by atoms with E-state index >= 15 is 0 Å². The van der Waals surface area contributed by atoms with Gasteiger partial charge in [0.25, 0.3) is 0 Å². The van der Waals surface area contributed by atoms with E-state index in [1.165, 1.54) is 30.5 Å². The summed E-state index contributed by atoms with van der Waals surface area (Å²) in [5.74, 6) is 0.125. The molecule has 0 saturated carbocycles. The van der Waals surface area contributed by atoms with Crippen molar-refractivity contribution in [3.05, 3.63) is 52.3 Å². The van der Waals surface area contributed by atoms with E-state index in [4.69, 9.17) is 9.52 Å². The zero-order chi connectivity index (χ0) is 12.3. The van der Waals surface area contributed by atoms with Crippen LogP contribution in [-0.4, -0.2) is 16.2 Å². The smallest absolute Gasteiger partial charge is 0.433 e. The standard InChI is InChI=1S/C11H8N2O4/c14-9-3-1-8(2-4-9)12-7-10-5-6-11(17-10)13(15)16/h1-7,14H. The van der Waals surface area contributed by atoms with E-state index in [0.29, 0.717) is 11.4 Å². The van der Waals surface area contributed by atoms with Gasteiger partial charge in [-0.2, -0.15) is 0 Å². The van der Waals surface area contributed by atoms with Gasteiger partial charge < -0.3 is 9.52 Å². The van der Waals surface area contributed by atoms with E-state index in [9.17, 15) is 10.1 Å². The summed E-state index contributed by atoms with van der Waals surface area (Å²) in [5, 5.41) is 19.4. The Morgan fingerprint density at radius 3 is 2.53 bits per heavy atom. The highest BCUT2D eigenvalue weighted by molar-refractivity contribution is 5.79. The highest BCUT2D eigenvalue weighted by atomic mass is 16.6. The van der Waals surface area contributed by atoms with Crippen LogP contribution in [0.15, 0.2) is 45.8 Å². The molecule has 1 aromatic heterocycles. The van der Waals surface area contributed by atoms with Crippen LogP contribution in [0.1, 0.15) is 5.76 Å². The average Bonchev–Trinajstić information content (AvgIpc) is 2.77. The second-order valence-corrected chi connectivity index (χ2v) is 3.21. The van der Waals surface area contributed by atoms with E-state index in [1.807, 2.05) is 0 Å². The first-order valence-electron chi connectivity index (χ1n) is 4.72. The van der Waals surface area contributed by atoms with E-state index in [1.54, 1.807) is 12.1 Å². The quantitative estimate of drug-likeness (QED) is 0.500. The minimum Gasteiger partial charge on any atom is -0.508 e. The van der Waals surface area contributed by atoms with Crippen molar-refractivity contribution in [1.82, 2.24) is 0 Å². The molecule has 1 N–H and O–H groups in total. The molecule has 1 heterocycles. The Morgan fingerprint density at radius 2 is 1.94 bits per heavy atom. The Hall–Kier alpha value is -2.63. The number of aliphatic imine (C=N–C) groups is 1. The summed E-state index contributed by atoms with van der Waals surface area (Å²) < 4.78 is 4.89. The van der Waals surface area contributed by atoms with Gasteiger partial charge in [-0.25, -0.2) is 0 Å². The fourth-order valence-electron chi connectivity index (χ4n) is 1.19. The van der Waals surface area contributed by atoms with Gasteiger partial charge in [0.1, 0.15) is 10.7 Å². The summed E-state index contributed by atoms with van der Waals surface area (Å²) in [4.78, 5) is 13.8. The van der Waals surface area contributed by atoms with Crippen molar-refractivity contribution in [1.29, 1.82) is 0 Å². The van der Waals surface area contributed by atoms with Crippen LogP contribution in [-0.2, 0) is 0 Å². The number of rotatable bonds is 3. The number of furan rings is 1. The van der Waals surface area contributed by atoms with Gasteiger partial charge in [-0.05, 0) is 30.3 Å². The highest BCUT2D eigenvalue weighted by Gasteiger charge is 2.09. The van der Waals surface area contributed by atoms with Crippen molar-refractivity contribution < 1.29 is 14.4 Å². The third-order valence-electron chi connectivity index (χ3n) is 1.98. The van der Waals surface area contributed by atoms with Crippen LogP contribution in [0.3, 0.4) is 0 Å². The average molecular weight is 232 g/mol. The van der Waals surface area contributed by atoms with Gasteiger partial charge in [-0.3, -0.25) is 15.1 Å². The van der Waals surface area contributed by atoms with Crippen molar-refractivity contribution in [2.45, 2.75) is 0 Å². The largest absolute Gasteiger partial charge is 0.508 e. The predicted octanol–water partition coefficient (Wildman–Crippen LogP) is 2.64. The lowest BCUT2D eigenvalue weighted by Crippen LogP contribution is -1.83. The molecule has 0 atom stereocenters.